The van der Waals surface area contributed by atoms with Crippen LogP contribution in [0, 0.1) is 0 Å². The van der Waals surface area contributed by atoms with Crippen molar-refractivity contribution in [3.8, 4) is 39.8 Å². The fourth-order valence-corrected chi connectivity index (χ4v) is 8.80. The molecule has 6 nitrogen and oxygen atoms in total. The number of aromatic nitrogens is 5. The van der Waals surface area contributed by atoms with Crippen molar-refractivity contribution in [2.75, 3.05) is 0 Å². The lowest BCUT2D eigenvalue weighted by Crippen LogP contribution is -2.03. The molecule has 12 aromatic rings. The maximum absolute atomic E-state index is 6.45. The fourth-order valence-electron chi connectivity index (χ4n) is 8.80. The molecule has 0 aliphatic heterocycles. The highest BCUT2D eigenvalue weighted by atomic mass is 16.3. The van der Waals surface area contributed by atoms with Crippen LogP contribution in [0.15, 0.2) is 192 Å². The predicted molar refractivity (Wildman–Crippen MR) is 228 cm³/mol. The first-order chi connectivity index (χ1) is 27.8. The molecule has 0 saturated heterocycles. The van der Waals surface area contributed by atoms with Crippen LogP contribution in [0.2, 0.25) is 0 Å². The molecule has 0 saturated carbocycles. The molecule has 0 N–H and O–H groups in total. The van der Waals surface area contributed by atoms with Crippen molar-refractivity contribution in [3.63, 3.8) is 0 Å². The second-order valence-electron chi connectivity index (χ2n) is 14.2. The second-order valence-corrected chi connectivity index (χ2v) is 14.2. The lowest BCUT2D eigenvalue weighted by atomic mass is 10.1. The Morgan fingerprint density at radius 3 is 1.70 bits per heavy atom. The van der Waals surface area contributed by atoms with Crippen LogP contribution in [0.3, 0.4) is 0 Å². The zero-order valence-corrected chi connectivity index (χ0v) is 30.0. The van der Waals surface area contributed by atoms with E-state index in [0.717, 1.165) is 89.2 Å². The average molecular weight is 718 g/mol. The normalized spacial score (nSPS) is 11.9. The lowest BCUT2D eigenvalue weighted by Gasteiger charge is -2.17. The number of para-hydroxylation sites is 6. The summed E-state index contributed by atoms with van der Waals surface area (Å²) >= 11 is 0. The van der Waals surface area contributed by atoms with Gasteiger partial charge in [0.15, 0.2) is 11.6 Å². The quantitative estimate of drug-likeness (QED) is 0.178. The summed E-state index contributed by atoms with van der Waals surface area (Å²) in [7, 11) is 0. The molecule has 12 rings (SSSR count). The third kappa shape index (κ3) is 4.38. The van der Waals surface area contributed by atoms with Gasteiger partial charge in [0.2, 0.25) is 0 Å². The highest BCUT2D eigenvalue weighted by molar-refractivity contribution is 6.24. The topological polar surface area (TPSA) is 53.7 Å². The molecule has 0 unspecified atom stereocenters. The SMILES string of the molecule is c1ccc(-c2nnc(-c3ccc4c(c3)c3ccccc3n4-c3ccccc3-n3c4ccccc4c4ccc5oc6ccccc6c5c43)n2-c2ccccc2)cc1. The summed E-state index contributed by atoms with van der Waals surface area (Å²) in [6.45, 7) is 0. The zero-order valence-electron chi connectivity index (χ0n) is 30.0. The van der Waals surface area contributed by atoms with Crippen LogP contribution in [0.5, 0.6) is 0 Å². The van der Waals surface area contributed by atoms with Gasteiger partial charge in [0.1, 0.15) is 11.2 Å². The van der Waals surface area contributed by atoms with Crippen LogP contribution < -0.4 is 0 Å². The molecule has 0 aliphatic carbocycles. The van der Waals surface area contributed by atoms with Gasteiger partial charge in [0, 0.05) is 43.7 Å². The van der Waals surface area contributed by atoms with Crippen molar-refractivity contribution < 1.29 is 4.42 Å². The van der Waals surface area contributed by atoms with E-state index in [0.29, 0.717) is 0 Å². The predicted octanol–water partition coefficient (Wildman–Crippen LogP) is 12.7. The Kier molecular flexibility index (Phi) is 6.53. The van der Waals surface area contributed by atoms with Gasteiger partial charge in [-0.05, 0) is 72.8 Å². The summed E-state index contributed by atoms with van der Waals surface area (Å²) in [6, 6.07) is 66.1. The number of rotatable bonds is 5. The van der Waals surface area contributed by atoms with E-state index >= 15 is 0 Å². The summed E-state index contributed by atoms with van der Waals surface area (Å²) in [4.78, 5) is 0. The average Bonchev–Trinajstić information content (AvgIpc) is 4.03. The van der Waals surface area contributed by atoms with Crippen molar-refractivity contribution in [2.24, 2.45) is 0 Å². The monoisotopic (exact) mass is 717 g/mol. The first-order valence-corrected chi connectivity index (χ1v) is 18.8. The van der Waals surface area contributed by atoms with E-state index in [4.69, 9.17) is 14.6 Å². The van der Waals surface area contributed by atoms with E-state index < -0.39 is 0 Å². The minimum atomic E-state index is 0.788. The maximum atomic E-state index is 6.45. The Morgan fingerprint density at radius 1 is 0.357 bits per heavy atom. The molecule has 0 fully saturated rings. The van der Waals surface area contributed by atoms with Crippen LogP contribution in [-0.2, 0) is 0 Å². The highest BCUT2D eigenvalue weighted by Gasteiger charge is 2.23. The second kappa shape index (κ2) is 11.9. The molecule has 0 radical (unpaired) electrons. The van der Waals surface area contributed by atoms with Gasteiger partial charge in [0.05, 0.1) is 38.8 Å². The van der Waals surface area contributed by atoms with Crippen LogP contribution in [-0.4, -0.2) is 23.9 Å². The number of hydrogen-bond acceptors (Lipinski definition) is 3. The van der Waals surface area contributed by atoms with Crippen molar-refractivity contribution >= 4 is 65.6 Å². The van der Waals surface area contributed by atoms with E-state index in [1.807, 2.05) is 30.3 Å². The van der Waals surface area contributed by atoms with Gasteiger partial charge >= 0.3 is 0 Å². The molecule has 4 aromatic heterocycles. The molecule has 262 valence electrons. The lowest BCUT2D eigenvalue weighted by molar-refractivity contribution is 0.669. The Hall–Kier alpha value is -7.70. The van der Waals surface area contributed by atoms with Gasteiger partial charge in [-0.2, -0.15) is 0 Å². The molecule has 56 heavy (non-hydrogen) atoms. The molecule has 4 heterocycles. The maximum Gasteiger partial charge on any atom is 0.168 e. The van der Waals surface area contributed by atoms with Crippen LogP contribution in [0.4, 0.5) is 0 Å². The Morgan fingerprint density at radius 2 is 0.929 bits per heavy atom. The number of nitrogens with zero attached hydrogens (tertiary/aromatic N) is 5. The molecule has 0 atom stereocenters. The summed E-state index contributed by atoms with van der Waals surface area (Å²) in [5.41, 5.74) is 11.5. The highest BCUT2D eigenvalue weighted by Crippen LogP contribution is 2.43. The molecule has 0 bridgehead atoms. The first kappa shape index (κ1) is 30.7. The first-order valence-electron chi connectivity index (χ1n) is 18.8. The molecule has 8 aromatic carbocycles. The molecular weight excluding hydrogens is 687 g/mol. The molecule has 0 spiro atoms. The van der Waals surface area contributed by atoms with Crippen molar-refractivity contribution in [1.29, 1.82) is 0 Å². The number of benzene rings is 8. The van der Waals surface area contributed by atoms with E-state index in [1.54, 1.807) is 0 Å². The summed E-state index contributed by atoms with van der Waals surface area (Å²) in [5, 5.41) is 16.5. The number of furan rings is 1. The van der Waals surface area contributed by atoms with Gasteiger partial charge in [0.25, 0.3) is 0 Å². The zero-order chi connectivity index (χ0) is 36.7. The summed E-state index contributed by atoms with van der Waals surface area (Å²) in [6.07, 6.45) is 0. The minimum absolute atomic E-state index is 0.788. The Labute approximate surface area is 320 Å². The third-order valence-electron chi connectivity index (χ3n) is 11.2. The molecule has 0 aliphatic rings. The van der Waals surface area contributed by atoms with E-state index in [-0.39, 0.29) is 0 Å². The van der Waals surface area contributed by atoms with Crippen LogP contribution in [0.1, 0.15) is 0 Å². The van der Waals surface area contributed by atoms with E-state index in [9.17, 15) is 0 Å². The van der Waals surface area contributed by atoms with Gasteiger partial charge in [-0.1, -0.05) is 115 Å². The van der Waals surface area contributed by atoms with Crippen molar-refractivity contribution in [1.82, 2.24) is 23.9 Å². The van der Waals surface area contributed by atoms with E-state index in [2.05, 4.69) is 171 Å². The Balaban J connectivity index is 1.13. The largest absolute Gasteiger partial charge is 0.456 e. The molecule has 0 amide bonds. The standard InChI is InChI=1S/C50H31N5O/c1-3-15-32(16-4-1)49-51-52-50(53(49)34-17-5-2-6-18-34)33-27-29-42-39(31-33)36-20-8-10-22-40(36)54(42)43-24-12-13-25-44(43)55-41-23-11-7-19-35(41)37-28-30-46-47(48(37)55)38-21-9-14-26-45(38)56-46/h1-31H. The smallest absolute Gasteiger partial charge is 0.168 e. The van der Waals surface area contributed by atoms with Crippen molar-refractivity contribution in [3.05, 3.63) is 188 Å². The third-order valence-corrected chi connectivity index (χ3v) is 11.2. The van der Waals surface area contributed by atoms with Crippen LogP contribution in [0.25, 0.3) is 105 Å². The van der Waals surface area contributed by atoms with Gasteiger partial charge in [-0.3, -0.25) is 4.57 Å². The van der Waals surface area contributed by atoms with Gasteiger partial charge < -0.3 is 13.6 Å². The van der Waals surface area contributed by atoms with Gasteiger partial charge in [-0.25, -0.2) is 0 Å². The Bertz CT molecular complexity index is 3480. The van der Waals surface area contributed by atoms with Crippen molar-refractivity contribution in [2.45, 2.75) is 0 Å². The fraction of sp³-hybridized carbons (Fsp3) is 0. The van der Waals surface area contributed by atoms with Crippen LogP contribution >= 0.6 is 0 Å². The minimum Gasteiger partial charge on any atom is -0.456 e. The molecule has 6 heteroatoms. The van der Waals surface area contributed by atoms with E-state index in [1.165, 1.54) is 16.2 Å². The molecular formula is C50H31N5O. The number of hydrogen-bond donors (Lipinski definition) is 0. The summed E-state index contributed by atoms with van der Waals surface area (Å²) in [5.74, 6) is 1.59. The summed E-state index contributed by atoms with van der Waals surface area (Å²) < 4.78 is 13.5. The number of fused-ring (bicyclic) bond motifs is 10. The van der Waals surface area contributed by atoms with Gasteiger partial charge in [-0.15, -0.1) is 10.2 Å².